The second kappa shape index (κ2) is 6.10. The van der Waals surface area contributed by atoms with Crippen LogP contribution >= 0.6 is 0 Å². The second-order valence-corrected chi connectivity index (χ2v) is 9.17. The molecule has 2 saturated heterocycles. The molecule has 0 radical (unpaired) electrons. The number of hydrogen-bond acceptors (Lipinski definition) is 5. The number of nitrogens with zero attached hydrogens (tertiary/aromatic N) is 3. The molecule has 136 valence electrons. The van der Waals surface area contributed by atoms with Crippen molar-refractivity contribution < 1.29 is 18.0 Å². The van der Waals surface area contributed by atoms with Gasteiger partial charge in [-0.15, -0.1) is 0 Å². The quantitative estimate of drug-likeness (QED) is 0.774. The van der Waals surface area contributed by atoms with E-state index in [-0.39, 0.29) is 17.3 Å². The van der Waals surface area contributed by atoms with Gasteiger partial charge in [-0.1, -0.05) is 6.07 Å². The molecule has 0 unspecified atom stereocenters. The zero-order valence-corrected chi connectivity index (χ0v) is 15.5. The van der Waals surface area contributed by atoms with Gasteiger partial charge in [0.2, 0.25) is 15.9 Å². The molecule has 0 bridgehead atoms. The fourth-order valence-electron chi connectivity index (χ4n) is 3.22. The highest BCUT2D eigenvalue weighted by Crippen LogP contribution is 2.36. The number of sulfonamides is 1. The Morgan fingerprint density at radius 3 is 2.32 bits per heavy atom. The summed E-state index contributed by atoms with van der Waals surface area (Å²) in [6.45, 7) is 6.11. The summed E-state index contributed by atoms with van der Waals surface area (Å²) in [5, 5.41) is 0. The number of carbonyl (C=O) groups is 2. The summed E-state index contributed by atoms with van der Waals surface area (Å²) in [6.07, 6.45) is 0. The van der Waals surface area contributed by atoms with E-state index in [1.807, 2.05) is 7.05 Å². The van der Waals surface area contributed by atoms with Crippen LogP contribution < -0.4 is 4.31 Å². The molecule has 2 aliphatic rings. The summed E-state index contributed by atoms with van der Waals surface area (Å²) in [5.41, 5.74) is -0.332. The lowest BCUT2D eigenvalue weighted by Gasteiger charge is -2.32. The predicted octanol–water partition coefficient (Wildman–Crippen LogP) is 0.777. The van der Waals surface area contributed by atoms with Crippen LogP contribution in [0.1, 0.15) is 24.2 Å². The van der Waals surface area contributed by atoms with E-state index in [1.54, 1.807) is 36.9 Å². The summed E-state index contributed by atoms with van der Waals surface area (Å²) in [7, 11) is -1.71. The van der Waals surface area contributed by atoms with E-state index in [0.717, 1.165) is 17.4 Å². The van der Waals surface area contributed by atoms with Gasteiger partial charge in [0.1, 0.15) is 0 Å². The number of likely N-dealkylation sites (N-methyl/N-ethyl adjacent to an activating group) is 1. The standard InChI is InChI=1S/C17H23N3O4S/c1-17(2)12-25(23,24)20(16(17)22)14-6-4-5-13(11-14)15(21)19-9-7-18(3)8-10-19/h4-6,11H,7-10,12H2,1-3H3. The van der Waals surface area contributed by atoms with Gasteiger partial charge in [0.25, 0.3) is 5.91 Å². The van der Waals surface area contributed by atoms with E-state index in [1.165, 1.54) is 6.07 Å². The van der Waals surface area contributed by atoms with Gasteiger partial charge in [-0.3, -0.25) is 9.59 Å². The lowest BCUT2D eigenvalue weighted by atomic mass is 9.95. The Hall–Kier alpha value is -1.93. The average Bonchev–Trinajstić information content (AvgIpc) is 2.70. The van der Waals surface area contributed by atoms with E-state index < -0.39 is 21.3 Å². The molecule has 0 aliphatic carbocycles. The van der Waals surface area contributed by atoms with Crippen LogP contribution in [0.2, 0.25) is 0 Å². The Morgan fingerprint density at radius 2 is 1.76 bits per heavy atom. The first-order chi connectivity index (χ1) is 11.6. The number of hydrogen-bond donors (Lipinski definition) is 0. The number of carbonyl (C=O) groups excluding carboxylic acids is 2. The Kier molecular flexibility index (Phi) is 4.36. The minimum Gasteiger partial charge on any atom is -0.336 e. The average molecular weight is 365 g/mol. The molecule has 2 heterocycles. The summed E-state index contributed by atoms with van der Waals surface area (Å²) in [5.74, 6) is -0.829. The fourth-order valence-corrected chi connectivity index (χ4v) is 5.32. The number of anilines is 1. The van der Waals surface area contributed by atoms with E-state index in [9.17, 15) is 18.0 Å². The number of amides is 2. The SMILES string of the molecule is CN1CCN(C(=O)c2cccc(N3C(=O)C(C)(C)CS3(=O)=O)c2)CC1. The maximum absolute atomic E-state index is 12.7. The number of benzene rings is 1. The van der Waals surface area contributed by atoms with Crippen LogP contribution in [0.15, 0.2) is 24.3 Å². The van der Waals surface area contributed by atoms with Crippen molar-refractivity contribution in [1.29, 1.82) is 0 Å². The van der Waals surface area contributed by atoms with Crippen molar-refractivity contribution in [1.82, 2.24) is 9.80 Å². The van der Waals surface area contributed by atoms with E-state index >= 15 is 0 Å². The van der Waals surface area contributed by atoms with Crippen molar-refractivity contribution in [3.63, 3.8) is 0 Å². The Balaban J connectivity index is 1.90. The van der Waals surface area contributed by atoms with Crippen LogP contribution in [0.25, 0.3) is 0 Å². The van der Waals surface area contributed by atoms with Gasteiger partial charge in [0.15, 0.2) is 0 Å². The van der Waals surface area contributed by atoms with Crippen molar-refractivity contribution in [2.45, 2.75) is 13.8 Å². The maximum atomic E-state index is 12.7. The lowest BCUT2D eigenvalue weighted by molar-refractivity contribution is -0.123. The van der Waals surface area contributed by atoms with Crippen LogP contribution in [0.4, 0.5) is 5.69 Å². The van der Waals surface area contributed by atoms with E-state index in [2.05, 4.69) is 4.90 Å². The third kappa shape index (κ3) is 3.28. The Morgan fingerprint density at radius 1 is 1.12 bits per heavy atom. The lowest BCUT2D eigenvalue weighted by Crippen LogP contribution is -2.47. The topological polar surface area (TPSA) is 78.0 Å². The summed E-state index contributed by atoms with van der Waals surface area (Å²) in [6, 6.07) is 6.32. The van der Waals surface area contributed by atoms with Gasteiger partial charge in [0.05, 0.1) is 16.9 Å². The van der Waals surface area contributed by atoms with Crippen molar-refractivity contribution >= 4 is 27.5 Å². The molecule has 0 aromatic heterocycles. The minimum atomic E-state index is -3.72. The highest BCUT2D eigenvalue weighted by Gasteiger charge is 2.50. The number of piperazine rings is 1. The fraction of sp³-hybridized carbons (Fsp3) is 0.529. The van der Waals surface area contributed by atoms with Crippen LogP contribution in [0.5, 0.6) is 0 Å². The van der Waals surface area contributed by atoms with Crippen LogP contribution in [-0.2, 0) is 14.8 Å². The normalized spacial score (nSPS) is 23.1. The predicted molar refractivity (Wildman–Crippen MR) is 94.9 cm³/mol. The van der Waals surface area contributed by atoms with E-state index in [0.29, 0.717) is 18.7 Å². The molecule has 25 heavy (non-hydrogen) atoms. The monoisotopic (exact) mass is 365 g/mol. The molecule has 3 rings (SSSR count). The summed E-state index contributed by atoms with van der Waals surface area (Å²) < 4.78 is 25.7. The molecule has 8 heteroatoms. The highest BCUT2D eigenvalue weighted by molar-refractivity contribution is 7.94. The molecule has 7 nitrogen and oxygen atoms in total. The Bertz CT molecular complexity index is 811. The van der Waals surface area contributed by atoms with Gasteiger partial charge < -0.3 is 9.80 Å². The third-order valence-electron chi connectivity index (χ3n) is 4.70. The molecule has 0 saturated carbocycles. The molecule has 1 aromatic rings. The summed E-state index contributed by atoms with van der Waals surface area (Å²) >= 11 is 0. The molecular weight excluding hydrogens is 342 g/mol. The molecule has 0 spiro atoms. The molecule has 1 aromatic carbocycles. The highest BCUT2D eigenvalue weighted by atomic mass is 32.2. The minimum absolute atomic E-state index is 0.141. The van der Waals surface area contributed by atoms with Gasteiger partial charge in [-0.25, -0.2) is 12.7 Å². The zero-order chi connectivity index (χ0) is 18.4. The molecular formula is C17H23N3O4S. The van der Waals surface area contributed by atoms with Gasteiger partial charge in [-0.05, 0) is 39.1 Å². The summed E-state index contributed by atoms with van der Waals surface area (Å²) in [4.78, 5) is 29.1. The van der Waals surface area contributed by atoms with Gasteiger partial charge >= 0.3 is 0 Å². The zero-order valence-electron chi connectivity index (χ0n) is 14.7. The van der Waals surface area contributed by atoms with Crippen LogP contribution in [0, 0.1) is 5.41 Å². The van der Waals surface area contributed by atoms with Crippen molar-refractivity contribution in [3.05, 3.63) is 29.8 Å². The molecule has 2 aliphatic heterocycles. The van der Waals surface area contributed by atoms with Crippen LogP contribution in [-0.4, -0.2) is 69.0 Å². The first-order valence-electron chi connectivity index (χ1n) is 8.27. The van der Waals surface area contributed by atoms with Crippen molar-refractivity contribution in [2.75, 3.05) is 43.3 Å². The molecule has 2 amide bonds. The van der Waals surface area contributed by atoms with Crippen LogP contribution in [0.3, 0.4) is 0 Å². The largest absolute Gasteiger partial charge is 0.336 e. The maximum Gasteiger partial charge on any atom is 0.254 e. The van der Waals surface area contributed by atoms with E-state index in [4.69, 9.17) is 0 Å². The molecule has 2 fully saturated rings. The second-order valence-electron chi connectivity index (χ2n) is 7.36. The first-order valence-corrected chi connectivity index (χ1v) is 9.88. The van der Waals surface area contributed by atoms with Crippen molar-refractivity contribution in [3.8, 4) is 0 Å². The third-order valence-corrected chi connectivity index (χ3v) is 6.72. The molecule has 0 N–H and O–H groups in total. The van der Waals surface area contributed by atoms with Crippen molar-refractivity contribution in [2.24, 2.45) is 5.41 Å². The number of rotatable bonds is 2. The molecule has 0 atom stereocenters. The first kappa shape index (κ1) is 17.9. The smallest absolute Gasteiger partial charge is 0.254 e. The van der Waals surface area contributed by atoms with Gasteiger partial charge in [0, 0.05) is 31.7 Å². The van der Waals surface area contributed by atoms with Gasteiger partial charge in [-0.2, -0.15) is 0 Å². The Labute approximate surface area is 148 Å².